The second kappa shape index (κ2) is 7.73. The highest BCUT2D eigenvalue weighted by atomic mass is 32.2. The van der Waals surface area contributed by atoms with Crippen LogP contribution in [0.15, 0.2) is 43.0 Å². The maximum Gasteiger partial charge on any atom is 0.0449 e. The van der Waals surface area contributed by atoms with Crippen LogP contribution in [0.1, 0.15) is 18.5 Å². The Morgan fingerprint density at radius 1 is 1.42 bits per heavy atom. The van der Waals surface area contributed by atoms with Crippen LogP contribution in [0.25, 0.3) is 0 Å². The lowest BCUT2D eigenvalue weighted by Crippen LogP contribution is -2.51. The minimum absolute atomic E-state index is 0.474. The summed E-state index contributed by atoms with van der Waals surface area (Å²) in [4.78, 5) is 2.60. The lowest BCUT2D eigenvalue weighted by Gasteiger charge is -2.39. The number of nitrogens with one attached hydrogen (secondary N) is 1. The molecule has 1 heterocycles. The Hall–Kier alpha value is -0.770. The average molecular weight is 276 g/mol. The van der Waals surface area contributed by atoms with E-state index in [1.165, 1.54) is 17.9 Å². The number of piperazine rings is 1. The van der Waals surface area contributed by atoms with Crippen LogP contribution in [0.4, 0.5) is 0 Å². The van der Waals surface area contributed by atoms with Crippen molar-refractivity contribution in [1.29, 1.82) is 0 Å². The van der Waals surface area contributed by atoms with E-state index in [2.05, 4.69) is 54.1 Å². The van der Waals surface area contributed by atoms with E-state index < -0.39 is 0 Å². The molecule has 0 saturated carbocycles. The number of nitrogens with zero attached hydrogens (tertiary/aromatic N) is 1. The van der Waals surface area contributed by atoms with Crippen LogP contribution in [0, 0.1) is 0 Å². The van der Waals surface area contributed by atoms with Gasteiger partial charge in [-0.2, -0.15) is 11.8 Å². The molecule has 0 spiro atoms. The Balaban J connectivity index is 1.87. The van der Waals surface area contributed by atoms with Gasteiger partial charge in [0.1, 0.15) is 0 Å². The predicted octanol–water partition coefficient (Wildman–Crippen LogP) is 2.94. The van der Waals surface area contributed by atoms with Gasteiger partial charge in [-0.3, -0.25) is 4.90 Å². The topological polar surface area (TPSA) is 15.3 Å². The van der Waals surface area contributed by atoms with Crippen LogP contribution >= 0.6 is 11.8 Å². The molecular weight excluding hydrogens is 252 g/mol. The number of thioether (sulfide) groups is 1. The molecule has 2 rings (SSSR count). The molecule has 1 aliphatic heterocycles. The minimum Gasteiger partial charge on any atom is -0.307 e. The molecule has 2 atom stereocenters. The van der Waals surface area contributed by atoms with Crippen molar-refractivity contribution in [2.75, 3.05) is 31.1 Å². The molecule has 0 aromatic heterocycles. The predicted molar refractivity (Wildman–Crippen MR) is 85.7 cm³/mol. The van der Waals surface area contributed by atoms with Gasteiger partial charge in [-0.05, 0) is 12.5 Å². The highest BCUT2D eigenvalue weighted by Crippen LogP contribution is 2.20. The van der Waals surface area contributed by atoms with Crippen LogP contribution in [0.2, 0.25) is 0 Å². The van der Waals surface area contributed by atoms with Crippen LogP contribution < -0.4 is 5.32 Å². The zero-order valence-corrected chi connectivity index (χ0v) is 12.5. The SMILES string of the molecule is C=CCSCCN1CC(c2ccccc2)NCC1C. The molecule has 1 saturated heterocycles. The number of benzene rings is 1. The quantitative estimate of drug-likeness (QED) is 0.635. The van der Waals surface area contributed by atoms with Crippen molar-refractivity contribution >= 4 is 11.8 Å². The van der Waals surface area contributed by atoms with Gasteiger partial charge in [-0.1, -0.05) is 36.4 Å². The highest BCUT2D eigenvalue weighted by molar-refractivity contribution is 7.99. The van der Waals surface area contributed by atoms with Gasteiger partial charge in [0.25, 0.3) is 0 Å². The van der Waals surface area contributed by atoms with E-state index in [-0.39, 0.29) is 0 Å². The standard InChI is InChI=1S/C16H24N2S/c1-3-10-19-11-9-18-13-16(17-12-14(18)2)15-7-5-4-6-8-15/h3-8,14,16-17H,1,9-13H2,2H3. The number of hydrogen-bond acceptors (Lipinski definition) is 3. The van der Waals surface area contributed by atoms with Gasteiger partial charge >= 0.3 is 0 Å². The van der Waals surface area contributed by atoms with Crippen molar-refractivity contribution < 1.29 is 0 Å². The smallest absolute Gasteiger partial charge is 0.0449 e. The van der Waals surface area contributed by atoms with Gasteiger partial charge < -0.3 is 5.32 Å². The van der Waals surface area contributed by atoms with Gasteiger partial charge in [0.05, 0.1) is 0 Å². The summed E-state index contributed by atoms with van der Waals surface area (Å²) in [6.07, 6.45) is 1.98. The van der Waals surface area contributed by atoms with Crippen LogP contribution in [0.3, 0.4) is 0 Å². The van der Waals surface area contributed by atoms with E-state index in [4.69, 9.17) is 0 Å². The van der Waals surface area contributed by atoms with Crippen LogP contribution in [-0.2, 0) is 0 Å². The van der Waals surface area contributed by atoms with Gasteiger partial charge in [0, 0.05) is 43.2 Å². The molecule has 2 nitrogen and oxygen atoms in total. The summed E-state index contributed by atoms with van der Waals surface area (Å²) in [6.45, 7) is 9.44. The third-order valence-electron chi connectivity index (χ3n) is 3.66. The largest absolute Gasteiger partial charge is 0.307 e. The molecule has 0 aliphatic carbocycles. The van der Waals surface area contributed by atoms with Crippen molar-refractivity contribution in [3.63, 3.8) is 0 Å². The Bertz CT molecular complexity index is 380. The fourth-order valence-electron chi connectivity index (χ4n) is 2.49. The fourth-order valence-corrected chi connectivity index (χ4v) is 3.19. The first-order chi connectivity index (χ1) is 9.31. The van der Waals surface area contributed by atoms with Crippen molar-refractivity contribution in [3.05, 3.63) is 48.6 Å². The summed E-state index contributed by atoms with van der Waals surface area (Å²) in [5.41, 5.74) is 1.40. The van der Waals surface area contributed by atoms with Crippen molar-refractivity contribution in [2.24, 2.45) is 0 Å². The highest BCUT2D eigenvalue weighted by Gasteiger charge is 2.25. The lowest BCUT2D eigenvalue weighted by atomic mass is 10.0. The maximum atomic E-state index is 3.77. The van der Waals surface area contributed by atoms with Crippen LogP contribution in [0.5, 0.6) is 0 Å². The monoisotopic (exact) mass is 276 g/mol. The fraction of sp³-hybridized carbons (Fsp3) is 0.500. The summed E-state index contributed by atoms with van der Waals surface area (Å²) in [6, 6.07) is 11.9. The van der Waals surface area contributed by atoms with Gasteiger partial charge in [0.2, 0.25) is 0 Å². The zero-order valence-electron chi connectivity index (χ0n) is 11.7. The molecular formula is C16H24N2S. The summed E-state index contributed by atoms with van der Waals surface area (Å²) >= 11 is 1.97. The molecule has 0 amide bonds. The number of rotatable bonds is 6. The summed E-state index contributed by atoms with van der Waals surface area (Å²) < 4.78 is 0. The summed E-state index contributed by atoms with van der Waals surface area (Å²) in [7, 11) is 0. The summed E-state index contributed by atoms with van der Waals surface area (Å²) in [5.74, 6) is 2.25. The minimum atomic E-state index is 0.474. The Morgan fingerprint density at radius 3 is 2.95 bits per heavy atom. The normalized spacial score (nSPS) is 24.3. The first kappa shape index (κ1) is 14.6. The molecule has 19 heavy (non-hydrogen) atoms. The van der Waals surface area contributed by atoms with Crippen molar-refractivity contribution in [2.45, 2.75) is 19.0 Å². The maximum absolute atomic E-state index is 3.77. The third-order valence-corrected chi connectivity index (χ3v) is 4.60. The molecule has 3 heteroatoms. The Kier molecular flexibility index (Phi) is 5.95. The first-order valence-corrected chi connectivity index (χ1v) is 8.17. The Morgan fingerprint density at radius 2 is 2.21 bits per heavy atom. The molecule has 1 aliphatic rings. The third kappa shape index (κ3) is 4.37. The van der Waals surface area contributed by atoms with E-state index in [9.17, 15) is 0 Å². The zero-order chi connectivity index (χ0) is 13.5. The molecule has 1 aromatic carbocycles. The molecule has 0 bridgehead atoms. The van der Waals surface area contributed by atoms with Crippen molar-refractivity contribution in [1.82, 2.24) is 10.2 Å². The lowest BCUT2D eigenvalue weighted by molar-refractivity contribution is 0.150. The second-order valence-corrected chi connectivity index (χ2v) is 6.23. The molecule has 0 radical (unpaired) electrons. The molecule has 104 valence electrons. The average Bonchev–Trinajstić information content (AvgIpc) is 2.46. The Labute approximate surface area is 121 Å². The summed E-state index contributed by atoms with van der Waals surface area (Å²) in [5, 5.41) is 3.65. The van der Waals surface area contributed by atoms with E-state index in [0.29, 0.717) is 12.1 Å². The first-order valence-electron chi connectivity index (χ1n) is 7.02. The second-order valence-electron chi connectivity index (χ2n) is 5.08. The van der Waals surface area contributed by atoms with Gasteiger partial charge in [-0.25, -0.2) is 0 Å². The van der Waals surface area contributed by atoms with E-state index in [0.717, 1.165) is 18.8 Å². The van der Waals surface area contributed by atoms with Gasteiger partial charge in [0.15, 0.2) is 0 Å². The van der Waals surface area contributed by atoms with Gasteiger partial charge in [-0.15, -0.1) is 6.58 Å². The molecule has 1 N–H and O–H groups in total. The molecule has 1 aromatic rings. The van der Waals surface area contributed by atoms with Crippen molar-refractivity contribution in [3.8, 4) is 0 Å². The van der Waals surface area contributed by atoms with E-state index in [1.54, 1.807) is 0 Å². The van der Waals surface area contributed by atoms with Crippen LogP contribution in [-0.4, -0.2) is 42.1 Å². The number of hydrogen-bond donors (Lipinski definition) is 1. The molecule has 1 fully saturated rings. The molecule has 2 unspecified atom stereocenters. The van der Waals surface area contributed by atoms with E-state index >= 15 is 0 Å². The van der Waals surface area contributed by atoms with E-state index in [1.807, 2.05) is 17.8 Å².